The van der Waals surface area contributed by atoms with Gasteiger partial charge in [0.15, 0.2) is 11.5 Å². The van der Waals surface area contributed by atoms with E-state index in [2.05, 4.69) is 25.8 Å². The maximum atomic E-state index is 6.03. The highest BCUT2D eigenvalue weighted by molar-refractivity contribution is 5.56. The standard InChI is InChI=1S/C22H20O2/c1-4-5-7-11-17-16-23-21-19(22(17,2)3)14-10-15-20(21)24-18-12-8-6-9-13-18/h1,5-15H,16H2,2-3H3/b7-5-,17-11+. The van der Waals surface area contributed by atoms with Crippen LogP contribution >= 0.6 is 0 Å². The van der Waals surface area contributed by atoms with Gasteiger partial charge in [-0.25, -0.2) is 0 Å². The highest BCUT2D eigenvalue weighted by Gasteiger charge is 2.34. The van der Waals surface area contributed by atoms with Gasteiger partial charge in [0.25, 0.3) is 0 Å². The van der Waals surface area contributed by atoms with E-state index in [0.717, 1.165) is 22.8 Å². The van der Waals surface area contributed by atoms with Crippen LogP contribution in [0.2, 0.25) is 0 Å². The largest absolute Gasteiger partial charge is 0.485 e. The molecule has 1 aliphatic rings. The zero-order chi connectivity index (χ0) is 17.0. The molecule has 1 heterocycles. The summed E-state index contributed by atoms with van der Waals surface area (Å²) in [6, 6.07) is 15.8. The Bertz CT molecular complexity index is 821. The predicted molar refractivity (Wildman–Crippen MR) is 97.5 cm³/mol. The molecule has 3 rings (SSSR count). The summed E-state index contributed by atoms with van der Waals surface area (Å²) >= 11 is 0. The van der Waals surface area contributed by atoms with Gasteiger partial charge >= 0.3 is 0 Å². The van der Waals surface area contributed by atoms with Gasteiger partial charge in [-0.2, -0.15) is 0 Å². The van der Waals surface area contributed by atoms with E-state index < -0.39 is 0 Å². The van der Waals surface area contributed by atoms with Gasteiger partial charge in [0, 0.05) is 11.0 Å². The number of hydrogen-bond donors (Lipinski definition) is 0. The molecular weight excluding hydrogens is 296 g/mol. The minimum atomic E-state index is -0.150. The second kappa shape index (κ2) is 6.68. The molecule has 24 heavy (non-hydrogen) atoms. The summed E-state index contributed by atoms with van der Waals surface area (Å²) in [7, 11) is 0. The Kier molecular flexibility index (Phi) is 4.44. The van der Waals surface area contributed by atoms with Crippen molar-refractivity contribution in [2.24, 2.45) is 0 Å². The van der Waals surface area contributed by atoms with Gasteiger partial charge in [-0.1, -0.05) is 62.3 Å². The van der Waals surface area contributed by atoms with E-state index in [0.29, 0.717) is 6.61 Å². The molecule has 0 spiro atoms. The van der Waals surface area contributed by atoms with E-state index in [9.17, 15) is 0 Å². The van der Waals surface area contributed by atoms with E-state index >= 15 is 0 Å². The molecule has 0 saturated carbocycles. The van der Waals surface area contributed by atoms with Crippen LogP contribution in [-0.2, 0) is 5.41 Å². The normalized spacial score (nSPS) is 17.1. The van der Waals surface area contributed by atoms with E-state index in [1.807, 2.05) is 54.6 Å². The van der Waals surface area contributed by atoms with E-state index in [1.54, 1.807) is 6.08 Å². The van der Waals surface area contributed by atoms with Gasteiger partial charge in [0.1, 0.15) is 12.4 Å². The number of para-hydroxylation sites is 2. The summed E-state index contributed by atoms with van der Waals surface area (Å²) in [5.74, 6) is 4.85. The highest BCUT2D eigenvalue weighted by Crippen LogP contribution is 2.46. The van der Waals surface area contributed by atoms with Crippen molar-refractivity contribution in [1.82, 2.24) is 0 Å². The zero-order valence-electron chi connectivity index (χ0n) is 14.0. The fourth-order valence-corrected chi connectivity index (χ4v) is 2.83. The third-order valence-corrected chi connectivity index (χ3v) is 4.29. The maximum Gasteiger partial charge on any atom is 0.169 e. The molecule has 2 heteroatoms. The summed E-state index contributed by atoms with van der Waals surface area (Å²) in [6.45, 7) is 4.90. The number of benzene rings is 2. The second-order valence-electron chi connectivity index (χ2n) is 6.18. The van der Waals surface area contributed by atoms with Crippen molar-refractivity contribution in [3.63, 3.8) is 0 Å². The molecule has 0 aliphatic carbocycles. The van der Waals surface area contributed by atoms with Crippen LogP contribution in [-0.4, -0.2) is 6.61 Å². The first-order chi connectivity index (χ1) is 11.6. The molecule has 0 amide bonds. The van der Waals surface area contributed by atoms with Gasteiger partial charge in [0.05, 0.1) is 0 Å². The van der Waals surface area contributed by atoms with Crippen molar-refractivity contribution >= 4 is 0 Å². The van der Waals surface area contributed by atoms with E-state index in [1.165, 1.54) is 5.57 Å². The van der Waals surface area contributed by atoms with Gasteiger partial charge in [0.2, 0.25) is 0 Å². The molecule has 0 atom stereocenters. The summed E-state index contributed by atoms with van der Waals surface area (Å²) in [6.07, 6.45) is 10.9. The molecule has 2 aromatic carbocycles. The fraction of sp³-hybridized carbons (Fsp3) is 0.182. The summed E-state index contributed by atoms with van der Waals surface area (Å²) < 4.78 is 12.0. The number of fused-ring (bicyclic) bond motifs is 1. The quantitative estimate of drug-likeness (QED) is 0.719. The van der Waals surface area contributed by atoms with Crippen LogP contribution in [0.4, 0.5) is 0 Å². The Morgan fingerprint density at radius 2 is 1.92 bits per heavy atom. The molecule has 2 aromatic rings. The Morgan fingerprint density at radius 1 is 1.12 bits per heavy atom. The fourth-order valence-electron chi connectivity index (χ4n) is 2.83. The maximum absolute atomic E-state index is 6.03. The van der Waals surface area contributed by atoms with Crippen LogP contribution in [0.5, 0.6) is 17.2 Å². The third-order valence-electron chi connectivity index (χ3n) is 4.29. The molecule has 0 bridgehead atoms. The smallest absolute Gasteiger partial charge is 0.169 e. The lowest BCUT2D eigenvalue weighted by Crippen LogP contribution is -2.30. The van der Waals surface area contributed by atoms with Crippen molar-refractivity contribution in [1.29, 1.82) is 0 Å². The molecule has 120 valence electrons. The lowest BCUT2D eigenvalue weighted by atomic mass is 9.75. The first-order valence-corrected chi connectivity index (χ1v) is 7.94. The van der Waals surface area contributed by atoms with Crippen LogP contribution in [0.15, 0.2) is 72.3 Å². The predicted octanol–water partition coefficient (Wildman–Crippen LogP) is 5.26. The van der Waals surface area contributed by atoms with Crippen molar-refractivity contribution in [2.75, 3.05) is 6.61 Å². The lowest BCUT2D eigenvalue weighted by Gasteiger charge is -2.35. The number of terminal acetylenes is 1. The molecule has 0 N–H and O–H groups in total. The first-order valence-electron chi connectivity index (χ1n) is 7.94. The van der Waals surface area contributed by atoms with Crippen molar-refractivity contribution < 1.29 is 9.47 Å². The molecule has 1 aliphatic heterocycles. The molecule has 2 nitrogen and oxygen atoms in total. The van der Waals surface area contributed by atoms with Crippen LogP contribution < -0.4 is 9.47 Å². The van der Waals surface area contributed by atoms with Crippen LogP contribution in [0.1, 0.15) is 19.4 Å². The monoisotopic (exact) mass is 316 g/mol. The average Bonchev–Trinajstić information content (AvgIpc) is 2.58. The van der Waals surface area contributed by atoms with E-state index in [-0.39, 0.29) is 5.41 Å². The molecule has 0 saturated heterocycles. The average molecular weight is 316 g/mol. The number of hydrogen-bond acceptors (Lipinski definition) is 2. The van der Waals surface area contributed by atoms with Crippen LogP contribution in [0.25, 0.3) is 0 Å². The Balaban J connectivity index is 1.98. The van der Waals surface area contributed by atoms with Gasteiger partial charge in [-0.3, -0.25) is 0 Å². The summed E-state index contributed by atoms with van der Waals surface area (Å²) in [4.78, 5) is 0. The molecule has 0 fully saturated rings. The Morgan fingerprint density at radius 3 is 2.67 bits per heavy atom. The Hall–Kier alpha value is -2.92. The molecule has 0 unspecified atom stereocenters. The molecule has 0 aromatic heterocycles. The van der Waals surface area contributed by atoms with E-state index in [4.69, 9.17) is 15.9 Å². The van der Waals surface area contributed by atoms with Gasteiger partial charge < -0.3 is 9.47 Å². The first kappa shape index (κ1) is 16.0. The van der Waals surface area contributed by atoms with Crippen molar-refractivity contribution in [2.45, 2.75) is 19.3 Å². The topological polar surface area (TPSA) is 18.5 Å². The Labute approximate surface area is 143 Å². The molecule has 0 radical (unpaired) electrons. The van der Waals surface area contributed by atoms with Crippen LogP contribution in [0.3, 0.4) is 0 Å². The minimum absolute atomic E-state index is 0.150. The van der Waals surface area contributed by atoms with Crippen molar-refractivity contribution in [3.8, 4) is 29.6 Å². The zero-order valence-corrected chi connectivity index (χ0v) is 14.0. The van der Waals surface area contributed by atoms with Crippen molar-refractivity contribution in [3.05, 3.63) is 77.9 Å². The summed E-state index contributed by atoms with van der Waals surface area (Å²) in [5, 5.41) is 0. The highest BCUT2D eigenvalue weighted by atomic mass is 16.5. The van der Waals surface area contributed by atoms with Gasteiger partial charge in [-0.15, -0.1) is 6.42 Å². The molecular formula is C22H20O2. The third kappa shape index (κ3) is 3.07. The van der Waals surface area contributed by atoms with Gasteiger partial charge in [-0.05, 0) is 29.8 Å². The number of ether oxygens (including phenoxy) is 2. The minimum Gasteiger partial charge on any atom is -0.485 e. The second-order valence-corrected chi connectivity index (χ2v) is 6.18. The SMILES string of the molecule is C#C/C=C\C=C1/COc2c(Oc3ccccc3)cccc2C1(C)C. The summed E-state index contributed by atoms with van der Waals surface area (Å²) in [5.41, 5.74) is 2.14. The number of rotatable bonds is 3. The number of allylic oxidation sites excluding steroid dienone is 3. The van der Waals surface area contributed by atoms with Crippen LogP contribution in [0, 0.1) is 12.3 Å². The lowest BCUT2D eigenvalue weighted by molar-refractivity contribution is 0.282.